The molecule has 1 saturated carbocycles. The normalized spacial score (nSPS) is 19.6. The fourth-order valence-electron chi connectivity index (χ4n) is 4.06. The first-order valence-corrected chi connectivity index (χ1v) is 10.8. The van der Waals surface area contributed by atoms with Crippen LogP contribution < -0.4 is 4.74 Å². The summed E-state index contributed by atoms with van der Waals surface area (Å²) in [6, 6.07) is 7.92. The van der Waals surface area contributed by atoms with Gasteiger partial charge in [-0.25, -0.2) is 4.79 Å². The van der Waals surface area contributed by atoms with Crippen molar-refractivity contribution >= 4 is 6.09 Å². The van der Waals surface area contributed by atoms with Crippen LogP contribution in [0.1, 0.15) is 49.8 Å². The quantitative estimate of drug-likeness (QED) is 0.681. The topological polar surface area (TPSA) is 74.0 Å². The molecule has 0 N–H and O–H groups in total. The Bertz CT molecular complexity index is 836. The second-order valence-corrected chi connectivity index (χ2v) is 8.16. The van der Waals surface area contributed by atoms with Gasteiger partial charge in [0.1, 0.15) is 12.4 Å². The summed E-state index contributed by atoms with van der Waals surface area (Å²) in [4.78, 5) is 14.0. The lowest BCUT2D eigenvalue weighted by atomic mass is 9.98. The Morgan fingerprint density at radius 2 is 1.93 bits per heavy atom. The largest absolute Gasteiger partial charge is 0.490 e. The lowest BCUT2D eigenvalue weighted by Crippen LogP contribution is -2.37. The van der Waals surface area contributed by atoms with E-state index >= 15 is 0 Å². The summed E-state index contributed by atoms with van der Waals surface area (Å²) in [5.41, 5.74) is 2.38. The Balaban J connectivity index is 1.39. The zero-order valence-electron chi connectivity index (χ0n) is 17.8. The minimum atomic E-state index is -0.367. The van der Waals surface area contributed by atoms with Crippen molar-refractivity contribution in [3.05, 3.63) is 35.5 Å². The molecule has 0 bridgehead atoms. The number of aryl methyl sites for hydroxylation is 1. The van der Waals surface area contributed by atoms with Gasteiger partial charge in [0.05, 0.1) is 30.0 Å². The van der Waals surface area contributed by atoms with Gasteiger partial charge in [-0.1, -0.05) is 11.6 Å². The third-order valence-corrected chi connectivity index (χ3v) is 6.04. The first-order valence-electron chi connectivity index (χ1n) is 10.8. The van der Waals surface area contributed by atoms with Crippen LogP contribution in [0.2, 0.25) is 0 Å². The molecule has 1 saturated heterocycles. The molecular weight excluding hydrogens is 384 g/mol. The number of aromatic nitrogens is 1. The zero-order chi connectivity index (χ0) is 20.9. The van der Waals surface area contributed by atoms with Gasteiger partial charge >= 0.3 is 6.09 Å². The van der Waals surface area contributed by atoms with E-state index in [2.05, 4.69) is 5.16 Å². The van der Waals surface area contributed by atoms with Crippen molar-refractivity contribution in [3.8, 4) is 17.1 Å². The van der Waals surface area contributed by atoms with Crippen molar-refractivity contribution in [3.63, 3.8) is 0 Å². The third kappa shape index (κ3) is 4.78. The molecule has 1 aromatic heterocycles. The van der Waals surface area contributed by atoms with Gasteiger partial charge in [0.15, 0.2) is 5.76 Å². The van der Waals surface area contributed by atoms with Crippen molar-refractivity contribution in [2.75, 3.05) is 20.3 Å². The summed E-state index contributed by atoms with van der Waals surface area (Å²) in [6.07, 6.45) is 6.82. The predicted octanol–water partition coefficient (Wildman–Crippen LogP) is 4.72. The summed E-state index contributed by atoms with van der Waals surface area (Å²) in [7, 11) is 1.74. The number of rotatable bonds is 6. The Kier molecular flexibility index (Phi) is 6.57. The van der Waals surface area contributed by atoms with Gasteiger partial charge in [0, 0.05) is 19.2 Å². The Labute approximate surface area is 177 Å². The summed E-state index contributed by atoms with van der Waals surface area (Å²) in [5.74, 6) is 1.49. The van der Waals surface area contributed by atoms with Gasteiger partial charge in [-0.3, -0.25) is 0 Å². The molecule has 1 amide bonds. The fraction of sp³-hybridized carbons (Fsp3) is 0.565. The lowest BCUT2D eigenvalue weighted by molar-refractivity contribution is 0.0859. The van der Waals surface area contributed by atoms with E-state index in [1.165, 1.54) is 19.3 Å². The van der Waals surface area contributed by atoms with Crippen molar-refractivity contribution < 1.29 is 23.5 Å². The highest BCUT2D eigenvalue weighted by Gasteiger charge is 2.26. The lowest BCUT2D eigenvalue weighted by Gasteiger charge is -2.23. The second-order valence-electron chi connectivity index (χ2n) is 8.16. The number of benzene rings is 1. The Morgan fingerprint density at radius 3 is 2.63 bits per heavy atom. The van der Waals surface area contributed by atoms with Gasteiger partial charge in [0.25, 0.3) is 0 Å². The van der Waals surface area contributed by atoms with Crippen LogP contribution >= 0.6 is 0 Å². The van der Waals surface area contributed by atoms with Crippen LogP contribution in [-0.2, 0) is 16.1 Å². The van der Waals surface area contributed by atoms with E-state index in [0.717, 1.165) is 36.1 Å². The molecule has 1 aliphatic heterocycles. The summed E-state index contributed by atoms with van der Waals surface area (Å²) >= 11 is 0. The van der Waals surface area contributed by atoms with E-state index in [-0.39, 0.29) is 18.7 Å². The van der Waals surface area contributed by atoms with Crippen LogP contribution in [0, 0.1) is 6.92 Å². The van der Waals surface area contributed by atoms with Crippen LogP contribution in [0.15, 0.2) is 28.8 Å². The monoisotopic (exact) mass is 414 g/mol. The van der Waals surface area contributed by atoms with Gasteiger partial charge in [-0.2, -0.15) is 0 Å². The minimum Gasteiger partial charge on any atom is -0.490 e. The van der Waals surface area contributed by atoms with Crippen LogP contribution in [0.3, 0.4) is 0 Å². The summed E-state index contributed by atoms with van der Waals surface area (Å²) in [6.45, 7) is 3.20. The molecule has 7 nitrogen and oxygen atoms in total. The molecule has 2 fully saturated rings. The second kappa shape index (κ2) is 9.51. The molecular formula is C23H30N2O5. The fourth-order valence-corrected chi connectivity index (χ4v) is 4.06. The molecule has 1 aromatic carbocycles. The third-order valence-electron chi connectivity index (χ3n) is 6.04. The van der Waals surface area contributed by atoms with Crippen molar-refractivity contribution in [1.82, 2.24) is 10.1 Å². The number of carbonyl (C=O) groups excluding carboxylic acids is 1. The van der Waals surface area contributed by atoms with E-state index in [0.29, 0.717) is 30.8 Å². The Hall–Kier alpha value is -2.54. The average Bonchev–Trinajstić information content (AvgIpc) is 3.43. The van der Waals surface area contributed by atoms with Crippen molar-refractivity contribution in [2.45, 2.75) is 64.2 Å². The van der Waals surface area contributed by atoms with Crippen LogP contribution in [0.5, 0.6) is 5.75 Å². The Morgan fingerprint density at radius 1 is 1.17 bits per heavy atom. The summed E-state index contributed by atoms with van der Waals surface area (Å²) < 4.78 is 22.5. The van der Waals surface area contributed by atoms with Gasteiger partial charge in [-0.05, 0) is 63.3 Å². The molecule has 0 radical (unpaired) electrons. The van der Waals surface area contributed by atoms with Gasteiger partial charge < -0.3 is 23.6 Å². The van der Waals surface area contributed by atoms with Gasteiger partial charge in [-0.15, -0.1) is 0 Å². The highest BCUT2D eigenvalue weighted by molar-refractivity contribution is 5.68. The first-order chi connectivity index (χ1) is 14.6. The van der Waals surface area contributed by atoms with Gasteiger partial charge in [0.2, 0.25) is 0 Å². The molecule has 2 aliphatic rings. The molecule has 162 valence electrons. The standard InChI is InChI=1S/C23H30N2O5/c1-16-21(15-28-23(26)25(2)18-12-13-27-14-18)22(30-24-16)17-8-10-20(11-9-17)29-19-6-4-3-5-7-19/h8-11,18-19H,3-7,12-15H2,1-2H3. The molecule has 2 heterocycles. The van der Waals surface area contributed by atoms with E-state index in [1.807, 2.05) is 31.2 Å². The predicted molar refractivity (Wildman–Crippen MR) is 111 cm³/mol. The highest BCUT2D eigenvalue weighted by Crippen LogP contribution is 2.30. The van der Waals surface area contributed by atoms with Crippen molar-refractivity contribution in [2.24, 2.45) is 0 Å². The number of ether oxygens (including phenoxy) is 3. The molecule has 1 aliphatic carbocycles. The number of carbonyl (C=O) groups is 1. The number of hydrogen-bond acceptors (Lipinski definition) is 6. The molecule has 1 unspecified atom stereocenters. The molecule has 1 atom stereocenters. The maximum Gasteiger partial charge on any atom is 0.410 e. The maximum absolute atomic E-state index is 12.4. The van der Waals surface area contributed by atoms with E-state index < -0.39 is 0 Å². The van der Waals surface area contributed by atoms with Crippen molar-refractivity contribution in [1.29, 1.82) is 0 Å². The SMILES string of the molecule is Cc1noc(-c2ccc(OC3CCCCC3)cc2)c1COC(=O)N(C)C1CCOC1. The number of amides is 1. The maximum atomic E-state index is 12.4. The molecule has 7 heteroatoms. The van der Waals surface area contributed by atoms with E-state index in [1.54, 1.807) is 11.9 Å². The number of likely N-dealkylation sites (N-methyl/N-ethyl adjacent to an activating group) is 1. The minimum absolute atomic E-state index is 0.0669. The molecule has 2 aromatic rings. The van der Waals surface area contributed by atoms with E-state index in [4.69, 9.17) is 18.7 Å². The molecule has 0 spiro atoms. The number of nitrogens with zero attached hydrogens (tertiary/aromatic N) is 2. The highest BCUT2D eigenvalue weighted by atomic mass is 16.6. The molecule has 30 heavy (non-hydrogen) atoms. The smallest absolute Gasteiger partial charge is 0.410 e. The van der Waals surface area contributed by atoms with Crippen LogP contribution in [0.4, 0.5) is 4.79 Å². The van der Waals surface area contributed by atoms with Crippen LogP contribution in [-0.4, -0.2) is 48.6 Å². The van der Waals surface area contributed by atoms with E-state index in [9.17, 15) is 4.79 Å². The first kappa shape index (κ1) is 20.7. The molecule has 4 rings (SSSR count). The van der Waals surface area contributed by atoms with Crippen LogP contribution in [0.25, 0.3) is 11.3 Å². The zero-order valence-corrected chi connectivity index (χ0v) is 17.8. The summed E-state index contributed by atoms with van der Waals surface area (Å²) in [5, 5.41) is 4.08. The average molecular weight is 415 g/mol. The number of hydrogen-bond donors (Lipinski definition) is 0.